The number of hydrogen-bond acceptors (Lipinski definition) is 4. The average Bonchev–Trinajstić information content (AvgIpc) is 3.36. The van der Waals surface area contributed by atoms with Gasteiger partial charge in [-0.2, -0.15) is 5.10 Å². The Morgan fingerprint density at radius 2 is 1.85 bits per heavy atom. The molecule has 1 saturated carbocycles. The molecular formula is C20H21N3O4. The summed E-state index contributed by atoms with van der Waals surface area (Å²) in [5.41, 5.74) is 0.797. The SMILES string of the molecule is Cc1cc(=O)c(C(=O)N2CCC3(CC2)CC3C(=O)O)nn1-c1ccccc1. The minimum Gasteiger partial charge on any atom is -0.481 e. The molecule has 1 unspecified atom stereocenters. The Morgan fingerprint density at radius 3 is 2.44 bits per heavy atom. The van der Waals surface area contributed by atoms with Crippen molar-refractivity contribution in [2.75, 3.05) is 13.1 Å². The number of aromatic nitrogens is 2. The van der Waals surface area contributed by atoms with Gasteiger partial charge in [-0.1, -0.05) is 18.2 Å². The first-order valence-corrected chi connectivity index (χ1v) is 9.10. The Balaban J connectivity index is 1.56. The van der Waals surface area contributed by atoms with Gasteiger partial charge in [0.1, 0.15) is 0 Å². The summed E-state index contributed by atoms with van der Waals surface area (Å²) in [6, 6.07) is 10.8. The normalized spacial score (nSPS) is 20.5. The minimum atomic E-state index is -0.749. The summed E-state index contributed by atoms with van der Waals surface area (Å²) in [6.07, 6.45) is 2.01. The van der Waals surface area contributed by atoms with Crippen LogP contribution in [-0.2, 0) is 4.79 Å². The van der Waals surface area contributed by atoms with Crippen LogP contribution in [0.4, 0.5) is 0 Å². The third kappa shape index (κ3) is 3.03. The maximum absolute atomic E-state index is 12.9. The zero-order valence-corrected chi connectivity index (χ0v) is 15.1. The summed E-state index contributed by atoms with van der Waals surface area (Å²) in [6.45, 7) is 2.70. The molecule has 1 aliphatic heterocycles. The van der Waals surface area contributed by atoms with Crippen molar-refractivity contribution in [3.8, 4) is 5.69 Å². The number of aryl methyl sites for hydroxylation is 1. The van der Waals surface area contributed by atoms with Gasteiger partial charge in [-0.05, 0) is 43.7 Å². The second-order valence-corrected chi connectivity index (χ2v) is 7.50. The van der Waals surface area contributed by atoms with E-state index < -0.39 is 5.97 Å². The Labute approximate surface area is 156 Å². The fraction of sp³-hybridized carbons (Fsp3) is 0.400. The molecule has 1 amide bonds. The van der Waals surface area contributed by atoms with E-state index in [0.29, 0.717) is 38.0 Å². The molecule has 4 rings (SSSR count). The van der Waals surface area contributed by atoms with Crippen LogP contribution in [0, 0.1) is 18.3 Å². The maximum atomic E-state index is 12.9. The summed E-state index contributed by atoms with van der Waals surface area (Å²) >= 11 is 0. The second-order valence-electron chi connectivity index (χ2n) is 7.50. The Kier molecular flexibility index (Phi) is 4.09. The number of hydrogen-bond donors (Lipinski definition) is 1. The van der Waals surface area contributed by atoms with Crippen molar-refractivity contribution < 1.29 is 14.7 Å². The highest BCUT2D eigenvalue weighted by Crippen LogP contribution is 2.59. The zero-order valence-electron chi connectivity index (χ0n) is 15.1. The number of amides is 1. The number of benzene rings is 1. The Morgan fingerprint density at radius 1 is 1.19 bits per heavy atom. The quantitative estimate of drug-likeness (QED) is 0.894. The Bertz CT molecular complexity index is 959. The van der Waals surface area contributed by atoms with Gasteiger partial charge in [-0.15, -0.1) is 0 Å². The third-order valence-electron chi connectivity index (χ3n) is 5.85. The van der Waals surface area contributed by atoms with E-state index in [1.807, 2.05) is 30.3 Å². The molecule has 2 aromatic rings. The van der Waals surface area contributed by atoms with Crippen LogP contribution in [-0.4, -0.2) is 44.8 Å². The molecule has 2 heterocycles. The molecular weight excluding hydrogens is 346 g/mol. The summed E-state index contributed by atoms with van der Waals surface area (Å²) < 4.78 is 1.60. The van der Waals surface area contributed by atoms with E-state index in [0.717, 1.165) is 5.69 Å². The standard InChI is InChI=1S/C20H21N3O4/c1-13-11-16(24)17(21-23(13)14-5-3-2-4-6-14)18(25)22-9-7-20(8-10-22)12-15(20)19(26)27/h2-6,11,15H,7-10,12H2,1H3,(H,26,27). The number of carboxylic acid groups (broad SMARTS) is 1. The molecule has 2 aliphatic rings. The van der Waals surface area contributed by atoms with E-state index in [2.05, 4.69) is 5.10 Å². The van der Waals surface area contributed by atoms with Crippen LogP contribution in [0.1, 0.15) is 35.4 Å². The van der Waals surface area contributed by atoms with Crippen LogP contribution in [0.15, 0.2) is 41.2 Å². The van der Waals surface area contributed by atoms with E-state index in [1.165, 1.54) is 6.07 Å². The monoisotopic (exact) mass is 367 g/mol. The van der Waals surface area contributed by atoms with Crippen LogP contribution in [0.25, 0.3) is 5.69 Å². The number of para-hydroxylation sites is 1. The van der Waals surface area contributed by atoms with Crippen molar-refractivity contribution in [1.82, 2.24) is 14.7 Å². The number of likely N-dealkylation sites (tertiary alicyclic amines) is 1. The van der Waals surface area contributed by atoms with Crippen molar-refractivity contribution in [2.24, 2.45) is 11.3 Å². The van der Waals surface area contributed by atoms with Gasteiger partial charge in [0.2, 0.25) is 5.43 Å². The molecule has 0 radical (unpaired) electrons. The smallest absolute Gasteiger partial charge is 0.307 e. The van der Waals surface area contributed by atoms with Crippen molar-refractivity contribution >= 4 is 11.9 Å². The number of piperidine rings is 1. The van der Waals surface area contributed by atoms with Gasteiger partial charge in [0, 0.05) is 24.8 Å². The largest absolute Gasteiger partial charge is 0.481 e. The van der Waals surface area contributed by atoms with Gasteiger partial charge in [0.05, 0.1) is 11.6 Å². The number of nitrogens with zero attached hydrogens (tertiary/aromatic N) is 3. The van der Waals surface area contributed by atoms with Gasteiger partial charge in [0.25, 0.3) is 5.91 Å². The molecule has 27 heavy (non-hydrogen) atoms. The fourth-order valence-corrected chi connectivity index (χ4v) is 4.08. The first-order valence-electron chi connectivity index (χ1n) is 9.10. The average molecular weight is 367 g/mol. The van der Waals surface area contributed by atoms with E-state index in [1.54, 1.807) is 16.5 Å². The molecule has 1 saturated heterocycles. The highest BCUT2D eigenvalue weighted by molar-refractivity contribution is 5.92. The molecule has 2 fully saturated rings. The predicted octanol–water partition coefficient (Wildman–Crippen LogP) is 1.87. The number of carboxylic acids is 1. The van der Waals surface area contributed by atoms with Crippen LogP contribution in [0.5, 0.6) is 0 Å². The molecule has 1 atom stereocenters. The van der Waals surface area contributed by atoms with Crippen LogP contribution in [0.2, 0.25) is 0 Å². The van der Waals surface area contributed by atoms with Gasteiger partial charge in [-0.25, -0.2) is 4.68 Å². The predicted molar refractivity (Wildman–Crippen MR) is 97.9 cm³/mol. The van der Waals surface area contributed by atoms with Crippen LogP contribution in [0.3, 0.4) is 0 Å². The molecule has 7 nitrogen and oxygen atoms in total. The molecule has 7 heteroatoms. The Hall–Kier alpha value is -2.96. The lowest BCUT2D eigenvalue weighted by atomic mass is 9.90. The minimum absolute atomic E-state index is 0.0917. The molecule has 140 valence electrons. The summed E-state index contributed by atoms with van der Waals surface area (Å²) in [4.78, 5) is 38.1. The first-order chi connectivity index (χ1) is 12.9. The fourth-order valence-electron chi connectivity index (χ4n) is 4.08. The van der Waals surface area contributed by atoms with E-state index in [9.17, 15) is 19.5 Å². The first kappa shape index (κ1) is 17.5. The highest BCUT2D eigenvalue weighted by atomic mass is 16.4. The molecule has 1 aliphatic carbocycles. The molecule has 1 aromatic carbocycles. The van der Waals surface area contributed by atoms with Crippen LogP contribution >= 0.6 is 0 Å². The van der Waals surface area contributed by atoms with Crippen molar-refractivity contribution in [1.29, 1.82) is 0 Å². The molecule has 1 N–H and O–H groups in total. The lowest BCUT2D eigenvalue weighted by Crippen LogP contribution is -2.42. The second kappa shape index (κ2) is 6.33. The molecule has 0 bridgehead atoms. The van der Waals surface area contributed by atoms with Crippen molar-refractivity contribution in [2.45, 2.75) is 26.2 Å². The number of carbonyl (C=O) groups is 2. The summed E-state index contributed by atoms with van der Waals surface area (Å²) in [5, 5.41) is 13.5. The zero-order chi connectivity index (χ0) is 19.2. The number of carbonyl (C=O) groups excluding carboxylic acids is 1. The third-order valence-corrected chi connectivity index (χ3v) is 5.85. The lowest BCUT2D eigenvalue weighted by Gasteiger charge is -2.32. The van der Waals surface area contributed by atoms with E-state index >= 15 is 0 Å². The van der Waals surface area contributed by atoms with E-state index in [-0.39, 0.29) is 28.4 Å². The van der Waals surface area contributed by atoms with Crippen LogP contribution < -0.4 is 5.43 Å². The highest BCUT2D eigenvalue weighted by Gasteiger charge is 2.59. The molecule has 1 spiro atoms. The van der Waals surface area contributed by atoms with Crippen molar-refractivity contribution in [3.63, 3.8) is 0 Å². The van der Waals surface area contributed by atoms with Gasteiger partial charge < -0.3 is 10.0 Å². The molecule has 1 aromatic heterocycles. The summed E-state index contributed by atoms with van der Waals surface area (Å²) in [7, 11) is 0. The number of rotatable bonds is 3. The van der Waals surface area contributed by atoms with Gasteiger partial charge in [-0.3, -0.25) is 14.4 Å². The topological polar surface area (TPSA) is 92.5 Å². The summed E-state index contributed by atoms with van der Waals surface area (Å²) in [5.74, 6) is -1.42. The maximum Gasteiger partial charge on any atom is 0.307 e. The lowest BCUT2D eigenvalue weighted by molar-refractivity contribution is -0.139. The van der Waals surface area contributed by atoms with E-state index in [4.69, 9.17) is 0 Å². The van der Waals surface area contributed by atoms with Gasteiger partial charge in [0.15, 0.2) is 5.69 Å². The van der Waals surface area contributed by atoms with Crippen molar-refractivity contribution in [3.05, 3.63) is 58.0 Å². The number of aliphatic carboxylic acids is 1. The van der Waals surface area contributed by atoms with Gasteiger partial charge >= 0.3 is 5.97 Å².